The fourth-order valence-electron chi connectivity index (χ4n) is 6.76. The number of nitrogens with one attached hydrogen (secondary N) is 2. The predicted octanol–water partition coefficient (Wildman–Crippen LogP) is 2.27. The van der Waals surface area contributed by atoms with Crippen molar-refractivity contribution in [2.24, 2.45) is 0 Å². The van der Waals surface area contributed by atoms with Crippen LogP contribution >= 0.6 is 0 Å². The number of amides is 2. The molecule has 0 bridgehead atoms. The Bertz CT molecular complexity index is 1750. The van der Waals surface area contributed by atoms with Crippen LogP contribution in [-0.4, -0.2) is 112 Å². The molecule has 1 spiro atoms. The third kappa shape index (κ3) is 6.75. The van der Waals surface area contributed by atoms with Crippen LogP contribution < -0.4 is 10.6 Å². The number of piperazine rings is 1. The van der Waals surface area contributed by atoms with Crippen LogP contribution in [0.3, 0.4) is 0 Å². The second-order valence-electron chi connectivity index (χ2n) is 13.0. The van der Waals surface area contributed by atoms with Crippen molar-refractivity contribution in [3.05, 3.63) is 59.5 Å². The van der Waals surface area contributed by atoms with Crippen molar-refractivity contribution in [1.29, 1.82) is 5.26 Å². The van der Waals surface area contributed by atoms with Crippen molar-refractivity contribution < 1.29 is 23.9 Å². The molecule has 2 aliphatic rings. The minimum absolute atomic E-state index is 0.294. The van der Waals surface area contributed by atoms with Crippen LogP contribution in [0.2, 0.25) is 0 Å². The molecular weight excluding hydrogens is 586 g/mol. The van der Waals surface area contributed by atoms with E-state index < -0.39 is 5.60 Å². The van der Waals surface area contributed by atoms with Crippen LogP contribution in [0.1, 0.15) is 54.3 Å². The van der Waals surface area contributed by atoms with E-state index in [1.54, 1.807) is 32.0 Å². The molecule has 0 aliphatic carbocycles. The van der Waals surface area contributed by atoms with Crippen LogP contribution in [0.25, 0.3) is 16.4 Å². The number of benzene rings is 1. The van der Waals surface area contributed by atoms with Crippen molar-refractivity contribution in [2.45, 2.75) is 38.3 Å². The van der Waals surface area contributed by atoms with Gasteiger partial charge in [0.15, 0.2) is 0 Å². The number of aromatic nitrogens is 4. The maximum absolute atomic E-state index is 13.4. The van der Waals surface area contributed by atoms with Gasteiger partial charge in [0.25, 0.3) is 5.91 Å². The van der Waals surface area contributed by atoms with E-state index in [0.29, 0.717) is 60.2 Å². The Labute approximate surface area is 267 Å². The number of ether oxygens (including phenoxy) is 1. The zero-order valence-electron chi connectivity index (χ0n) is 26.5. The molecule has 6 rings (SSSR count). The highest BCUT2D eigenvalue weighted by Crippen LogP contribution is 2.34. The van der Waals surface area contributed by atoms with Crippen molar-refractivity contribution in [3.63, 3.8) is 0 Å². The molecule has 2 amide bonds. The third-order valence-corrected chi connectivity index (χ3v) is 9.49. The Morgan fingerprint density at radius 3 is 2.67 bits per heavy atom. The maximum atomic E-state index is 13.4. The summed E-state index contributed by atoms with van der Waals surface area (Å²) in [7, 11) is 0. The molecule has 3 aromatic heterocycles. The Morgan fingerprint density at radius 1 is 1.17 bits per heavy atom. The molecule has 242 valence electrons. The summed E-state index contributed by atoms with van der Waals surface area (Å²) in [5.74, 6) is -0.365. The van der Waals surface area contributed by atoms with Gasteiger partial charge in [0.1, 0.15) is 11.8 Å². The van der Waals surface area contributed by atoms with E-state index in [1.807, 2.05) is 12.1 Å². The zero-order valence-corrected chi connectivity index (χ0v) is 26.5. The molecule has 0 radical (unpaired) electrons. The van der Waals surface area contributed by atoms with Gasteiger partial charge in [0.05, 0.1) is 73.8 Å². The lowest BCUT2D eigenvalue weighted by molar-refractivity contribution is -0.937. The van der Waals surface area contributed by atoms with Gasteiger partial charge in [-0.2, -0.15) is 15.5 Å². The second kappa shape index (κ2) is 13.2. The molecule has 5 heterocycles. The largest absolute Gasteiger partial charge is 0.386 e. The molecule has 1 aromatic carbocycles. The topological polar surface area (TPSA) is 150 Å². The van der Waals surface area contributed by atoms with E-state index in [1.165, 1.54) is 10.7 Å². The van der Waals surface area contributed by atoms with E-state index in [2.05, 4.69) is 37.6 Å². The number of carbonyl (C=O) groups is 2. The van der Waals surface area contributed by atoms with Gasteiger partial charge in [-0.1, -0.05) is 0 Å². The highest BCUT2D eigenvalue weighted by Gasteiger charge is 2.38. The fourth-order valence-corrected chi connectivity index (χ4v) is 6.76. The lowest BCUT2D eigenvalue weighted by atomic mass is 9.95. The smallest absolute Gasteiger partial charge is 0.274 e. The summed E-state index contributed by atoms with van der Waals surface area (Å²) >= 11 is 0. The molecular formula is C33H42N9O4+. The number of hydrogen-bond acceptors (Lipinski definition) is 8. The lowest BCUT2D eigenvalue weighted by Gasteiger charge is -2.48. The van der Waals surface area contributed by atoms with Crippen LogP contribution in [-0.2, 0) is 15.1 Å². The molecule has 0 unspecified atom stereocenters. The Balaban J connectivity index is 1.11. The van der Waals surface area contributed by atoms with Gasteiger partial charge in [-0.15, -0.1) is 0 Å². The Morgan fingerprint density at radius 2 is 1.96 bits per heavy atom. The quantitative estimate of drug-likeness (QED) is 0.130. The average molecular weight is 629 g/mol. The number of carbonyl (C=O) groups excluding carboxylic acids is 2. The number of anilines is 1. The first kappa shape index (κ1) is 31.6. The summed E-state index contributed by atoms with van der Waals surface area (Å²) in [6.07, 6.45) is 6.27. The summed E-state index contributed by atoms with van der Waals surface area (Å²) in [6, 6.07) is 11.2. The highest BCUT2D eigenvalue weighted by atomic mass is 16.5. The van der Waals surface area contributed by atoms with E-state index in [0.717, 1.165) is 74.0 Å². The van der Waals surface area contributed by atoms with Gasteiger partial charge in [-0.25, -0.2) is 4.52 Å². The molecule has 2 aliphatic heterocycles. The molecule has 2 fully saturated rings. The van der Waals surface area contributed by atoms with Gasteiger partial charge in [0.2, 0.25) is 6.41 Å². The van der Waals surface area contributed by atoms with Crippen molar-refractivity contribution in [1.82, 2.24) is 29.6 Å². The highest BCUT2D eigenvalue weighted by molar-refractivity contribution is 6.05. The number of nitrogens with zero attached hydrogens (tertiary/aromatic N) is 7. The van der Waals surface area contributed by atoms with Gasteiger partial charge >= 0.3 is 0 Å². The van der Waals surface area contributed by atoms with E-state index in [4.69, 9.17) is 9.84 Å². The second-order valence-corrected chi connectivity index (χ2v) is 13.0. The first-order valence-electron chi connectivity index (χ1n) is 16.0. The minimum Gasteiger partial charge on any atom is -0.386 e. The summed E-state index contributed by atoms with van der Waals surface area (Å²) < 4.78 is 10.4. The van der Waals surface area contributed by atoms with Crippen LogP contribution in [0.15, 0.2) is 42.7 Å². The first-order valence-corrected chi connectivity index (χ1v) is 16.0. The van der Waals surface area contributed by atoms with Gasteiger partial charge < -0.3 is 25.0 Å². The number of fused-ring (bicyclic) bond motifs is 2. The summed E-state index contributed by atoms with van der Waals surface area (Å²) in [5, 5.41) is 35.9. The number of piperidine rings is 1. The zero-order chi connectivity index (χ0) is 32.3. The van der Waals surface area contributed by atoms with Crippen LogP contribution in [0, 0.1) is 11.3 Å². The predicted molar refractivity (Wildman–Crippen MR) is 172 cm³/mol. The number of quaternary nitrogens is 1. The monoisotopic (exact) mass is 628 g/mol. The van der Waals surface area contributed by atoms with Crippen LogP contribution in [0.4, 0.5) is 5.69 Å². The number of rotatable bonds is 11. The summed E-state index contributed by atoms with van der Waals surface area (Å²) in [5.41, 5.74) is 2.05. The minimum atomic E-state index is -1.22. The third-order valence-electron chi connectivity index (χ3n) is 9.49. The van der Waals surface area contributed by atoms with E-state index >= 15 is 0 Å². The first-order chi connectivity index (χ1) is 22.2. The lowest BCUT2D eigenvalue weighted by Crippen LogP contribution is -2.62. The fraction of sp³-hybridized carbons (Fsp3) is 0.485. The van der Waals surface area contributed by atoms with Crippen molar-refractivity contribution >= 4 is 34.4 Å². The van der Waals surface area contributed by atoms with Crippen molar-refractivity contribution in [2.75, 3.05) is 70.9 Å². The molecule has 0 saturated carbocycles. The normalized spacial score (nSPS) is 17.3. The summed E-state index contributed by atoms with van der Waals surface area (Å²) in [6.45, 7) is 12.7. The van der Waals surface area contributed by atoms with Gasteiger partial charge in [-0.05, 0) is 44.2 Å². The Kier molecular flexibility index (Phi) is 9.06. The number of hydrogen-bond donors (Lipinski definition) is 3. The van der Waals surface area contributed by atoms with Gasteiger partial charge in [0, 0.05) is 61.9 Å². The standard InChI is InChI=1S/C33H41N9O4/c1-33(2,45)28-19-29-25(18-30(28)37-32(44)31-4-3-27-17-24(20-34)21-36-41(27)31)22-40(38-29)26-5-11-42(12-6-26)13-8-39(9-14-42)10-16-46-15-7-35-23-43/h3-4,17-19,21-23,26,45H,5-16H2,1-2H3,(H-,35,37,43,44)/p+1. The molecule has 2 saturated heterocycles. The maximum Gasteiger partial charge on any atom is 0.274 e. The van der Waals surface area contributed by atoms with E-state index in [9.17, 15) is 20.0 Å². The average Bonchev–Trinajstić information content (AvgIpc) is 3.67. The Hall–Kier alpha value is -4.35. The SMILES string of the molecule is CC(C)(O)c1cc2nn(C3CC[N+]4(CC3)CCN(CCOCCNC=O)CC4)cc2cc1NC(=O)c1ccc2cc(C#N)cnn12. The van der Waals surface area contributed by atoms with E-state index in [-0.39, 0.29) is 5.91 Å². The molecule has 0 atom stereocenters. The molecule has 13 heteroatoms. The molecule has 13 nitrogen and oxygen atoms in total. The molecule has 46 heavy (non-hydrogen) atoms. The summed E-state index contributed by atoms with van der Waals surface area (Å²) in [4.78, 5) is 26.2. The molecule has 3 N–H and O–H groups in total. The number of nitriles is 1. The van der Waals surface area contributed by atoms with Gasteiger partial charge in [-0.3, -0.25) is 19.2 Å². The number of aliphatic hydroxyl groups is 1. The van der Waals surface area contributed by atoms with Crippen molar-refractivity contribution in [3.8, 4) is 6.07 Å². The molecule has 4 aromatic rings. The van der Waals surface area contributed by atoms with Crippen LogP contribution in [0.5, 0.6) is 0 Å².